The summed E-state index contributed by atoms with van der Waals surface area (Å²) in [6, 6.07) is 16.4. The molecule has 0 fully saturated rings. The molecule has 1 heterocycles. The zero-order chi connectivity index (χ0) is 20.5. The Morgan fingerprint density at radius 1 is 1.04 bits per heavy atom. The minimum absolute atomic E-state index is 0.00389. The Hall–Kier alpha value is -2.90. The van der Waals surface area contributed by atoms with Gasteiger partial charge in [0, 0.05) is 22.9 Å². The van der Waals surface area contributed by atoms with Gasteiger partial charge in [-0.1, -0.05) is 42.8 Å². The maximum absolute atomic E-state index is 12.8. The van der Waals surface area contributed by atoms with Crippen LogP contribution in [0.25, 0.3) is 0 Å². The van der Waals surface area contributed by atoms with Crippen molar-refractivity contribution in [2.45, 2.75) is 26.7 Å². The summed E-state index contributed by atoms with van der Waals surface area (Å²) in [5.74, 6) is -0.0344. The van der Waals surface area contributed by atoms with Crippen molar-refractivity contribution in [3.8, 4) is 0 Å². The van der Waals surface area contributed by atoms with E-state index < -0.39 is 10.2 Å². The monoisotopic (exact) mass is 397 g/mol. The number of anilines is 1. The highest BCUT2D eigenvalue weighted by Gasteiger charge is 2.17. The summed E-state index contributed by atoms with van der Waals surface area (Å²) in [4.78, 5) is 16.0. The van der Waals surface area contributed by atoms with E-state index in [0.29, 0.717) is 16.9 Å². The van der Waals surface area contributed by atoms with E-state index >= 15 is 0 Å². The zero-order valence-corrected chi connectivity index (χ0v) is 16.8. The molecule has 4 N–H and O–H groups in total. The van der Waals surface area contributed by atoms with Crippen molar-refractivity contribution < 1.29 is 13.2 Å². The summed E-state index contributed by atoms with van der Waals surface area (Å²) < 4.78 is 24.4. The number of aromatic nitrogens is 1. The molecular formula is C21H23N3O3S. The van der Waals surface area contributed by atoms with Gasteiger partial charge >= 0.3 is 0 Å². The second-order valence-electron chi connectivity index (χ2n) is 6.97. The summed E-state index contributed by atoms with van der Waals surface area (Å²) in [6.07, 6.45) is 0. The second kappa shape index (κ2) is 7.61. The minimum Gasteiger partial charge on any atom is -0.355 e. The molecular weight excluding hydrogens is 374 g/mol. The molecule has 1 aromatic heterocycles. The van der Waals surface area contributed by atoms with E-state index in [4.69, 9.17) is 5.14 Å². The van der Waals surface area contributed by atoms with Crippen molar-refractivity contribution in [1.82, 2.24) is 4.98 Å². The normalized spacial score (nSPS) is 12.6. The van der Waals surface area contributed by atoms with Crippen LogP contribution in [0.2, 0.25) is 0 Å². The summed E-state index contributed by atoms with van der Waals surface area (Å²) in [7, 11) is -3.79. The number of H-pyrrole nitrogens is 1. The lowest BCUT2D eigenvalue weighted by atomic mass is 9.98. The average molecular weight is 398 g/mol. The van der Waals surface area contributed by atoms with Gasteiger partial charge in [-0.15, -0.1) is 0 Å². The molecule has 0 spiro atoms. The molecule has 0 aliphatic carbocycles. The van der Waals surface area contributed by atoms with Gasteiger partial charge in [-0.05, 0) is 49.2 Å². The number of ketones is 1. The first-order valence-corrected chi connectivity index (χ1v) is 10.4. The molecule has 2 aromatic carbocycles. The molecule has 0 aliphatic heterocycles. The molecule has 3 rings (SSSR count). The van der Waals surface area contributed by atoms with Crippen LogP contribution in [0.5, 0.6) is 0 Å². The minimum atomic E-state index is -3.79. The molecule has 0 saturated heterocycles. The quantitative estimate of drug-likeness (QED) is 0.553. The van der Waals surface area contributed by atoms with Crippen molar-refractivity contribution in [3.05, 3.63) is 88.2 Å². The van der Waals surface area contributed by atoms with E-state index in [0.717, 1.165) is 22.4 Å². The number of carbonyl (C=O) groups is 1. The molecule has 146 valence electrons. The molecule has 28 heavy (non-hydrogen) atoms. The van der Waals surface area contributed by atoms with E-state index in [2.05, 4.69) is 9.71 Å². The third kappa shape index (κ3) is 4.49. The number of hydrogen-bond donors (Lipinski definition) is 3. The second-order valence-corrected chi connectivity index (χ2v) is 8.26. The van der Waals surface area contributed by atoms with Crippen molar-refractivity contribution in [1.29, 1.82) is 0 Å². The van der Waals surface area contributed by atoms with Gasteiger partial charge in [-0.3, -0.25) is 9.52 Å². The molecule has 3 aromatic rings. The third-order valence-electron chi connectivity index (χ3n) is 4.72. The molecule has 0 aliphatic rings. The molecule has 0 radical (unpaired) electrons. The standard InChI is InChI=1S/C21H23N3O3S/c1-13-4-9-18(14(2)12-13)21(25)20-11-10-19(23-20)15(3)16-5-7-17(8-6-16)24-28(22,26)27/h4-12,15,23-24H,1-3H3,(H2,22,26,27). The summed E-state index contributed by atoms with van der Waals surface area (Å²) in [6.45, 7) is 5.95. The van der Waals surface area contributed by atoms with E-state index in [-0.39, 0.29) is 11.7 Å². The number of carbonyl (C=O) groups excluding carboxylic acids is 1. The first-order chi connectivity index (χ1) is 13.1. The van der Waals surface area contributed by atoms with Gasteiger partial charge in [0.1, 0.15) is 0 Å². The Bertz CT molecular complexity index is 1120. The molecule has 0 amide bonds. The van der Waals surface area contributed by atoms with Crippen molar-refractivity contribution >= 4 is 21.7 Å². The predicted molar refractivity (Wildman–Crippen MR) is 111 cm³/mol. The van der Waals surface area contributed by atoms with Crippen LogP contribution in [-0.2, 0) is 10.2 Å². The van der Waals surface area contributed by atoms with Crippen molar-refractivity contribution in [3.63, 3.8) is 0 Å². The lowest BCUT2D eigenvalue weighted by molar-refractivity contribution is 0.103. The largest absolute Gasteiger partial charge is 0.355 e. The van der Waals surface area contributed by atoms with E-state index in [1.54, 1.807) is 18.2 Å². The van der Waals surface area contributed by atoms with Crippen molar-refractivity contribution in [2.75, 3.05) is 4.72 Å². The van der Waals surface area contributed by atoms with Gasteiger partial charge in [0.05, 0.1) is 5.69 Å². The first-order valence-electron chi connectivity index (χ1n) is 8.85. The van der Waals surface area contributed by atoms with Gasteiger partial charge in [0.25, 0.3) is 10.2 Å². The number of rotatable bonds is 6. The van der Waals surface area contributed by atoms with Gasteiger partial charge in [-0.2, -0.15) is 8.42 Å². The fourth-order valence-electron chi connectivity index (χ4n) is 3.19. The lowest BCUT2D eigenvalue weighted by Gasteiger charge is -2.12. The van der Waals surface area contributed by atoms with Crippen LogP contribution in [-0.4, -0.2) is 19.2 Å². The SMILES string of the molecule is Cc1ccc(C(=O)c2ccc(C(C)c3ccc(NS(N)(=O)=O)cc3)[nH]2)c(C)c1. The molecule has 6 nitrogen and oxygen atoms in total. The number of aryl methyl sites for hydroxylation is 2. The maximum atomic E-state index is 12.8. The van der Waals surface area contributed by atoms with Gasteiger partial charge < -0.3 is 4.98 Å². The number of aromatic amines is 1. The highest BCUT2D eigenvalue weighted by Crippen LogP contribution is 2.26. The Morgan fingerprint density at radius 3 is 2.32 bits per heavy atom. The molecule has 1 unspecified atom stereocenters. The topological polar surface area (TPSA) is 105 Å². The zero-order valence-electron chi connectivity index (χ0n) is 16.0. The number of nitrogens with two attached hydrogens (primary N) is 1. The molecule has 0 bridgehead atoms. The summed E-state index contributed by atoms with van der Waals surface area (Å²) >= 11 is 0. The number of hydrogen-bond acceptors (Lipinski definition) is 3. The maximum Gasteiger partial charge on any atom is 0.296 e. The van der Waals surface area contributed by atoms with Crippen LogP contribution in [0.3, 0.4) is 0 Å². The van der Waals surface area contributed by atoms with Crippen LogP contribution >= 0.6 is 0 Å². The Morgan fingerprint density at radius 2 is 1.71 bits per heavy atom. The van der Waals surface area contributed by atoms with Crippen molar-refractivity contribution in [2.24, 2.45) is 5.14 Å². The van der Waals surface area contributed by atoms with Gasteiger partial charge in [0.15, 0.2) is 0 Å². The van der Waals surface area contributed by atoms with Gasteiger partial charge in [-0.25, -0.2) is 5.14 Å². The van der Waals surface area contributed by atoms with E-state index in [9.17, 15) is 13.2 Å². The molecule has 7 heteroatoms. The molecule has 0 saturated carbocycles. The summed E-state index contributed by atoms with van der Waals surface area (Å²) in [5, 5.41) is 4.98. The molecule has 1 atom stereocenters. The van der Waals surface area contributed by atoms with E-state index in [1.807, 2.05) is 57.2 Å². The van der Waals surface area contributed by atoms with Crippen LogP contribution in [0.1, 0.15) is 51.3 Å². The number of nitrogens with one attached hydrogen (secondary N) is 2. The van der Waals surface area contributed by atoms with Gasteiger partial charge in [0.2, 0.25) is 5.78 Å². The summed E-state index contributed by atoms with van der Waals surface area (Å²) in [5.41, 5.74) is 5.58. The Labute approximate surface area is 165 Å². The fourth-order valence-corrected chi connectivity index (χ4v) is 3.66. The first kappa shape index (κ1) is 19.9. The fraction of sp³-hybridized carbons (Fsp3) is 0.190. The smallest absolute Gasteiger partial charge is 0.296 e. The highest BCUT2D eigenvalue weighted by molar-refractivity contribution is 7.90. The Balaban J connectivity index is 1.80. The van der Waals surface area contributed by atoms with Crippen LogP contribution < -0.4 is 9.86 Å². The number of benzene rings is 2. The van der Waals surface area contributed by atoms with Crippen LogP contribution in [0.4, 0.5) is 5.69 Å². The van der Waals surface area contributed by atoms with E-state index in [1.165, 1.54) is 0 Å². The van der Waals surface area contributed by atoms with Crippen LogP contribution in [0.15, 0.2) is 54.6 Å². The Kier molecular flexibility index (Phi) is 5.40. The van der Waals surface area contributed by atoms with Crippen LogP contribution in [0, 0.1) is 13.8 Å². The average Bonchev–Trinajstić information content (AvgIpc) is 3.10. The third-order valence-corrected chi connectivity index (χ3v) is 5.24. The lowest BCUT2D eigenvalue weighted by Crippen LogP contribution is -2.21. The highest BCUT2D eigenvalue weighted by atomic mass is 32.2. The predicted octanol–water partition coefficient (Wildman–Crippen LogP) is 3.63.